The smallest absolute Gasteiger partial charge is 0.262 e. The van der Waals surface area contributed by atoms with Crippen molar-refractivity contribution in [3.05, 3.63) is 58.4 Å². The van der Waals surface area contributed by atoms with Gasteiger partial charge >= 0.3 is 0 Å². The minimum absolute atomic E-state index is 0.0526. The molecule has 1 aliphatic heterocycles. The summed E-state index contributed by atoms with van der Waals surface area (Å²) in [6.07, 6.45) is 2.26. The van der Waals surface area contributed by atoms with Gasteiger partial charge in [-0.2, -0.15) is 0 Å². The van der Waals surface area contributed by atoms with Crippen molar-refractivity contribution >= 4 is 34.1 Å². The number of nitrogens with one attached hydrogen (secondary N) is 3. The van der Waals surface area contributed by atoms with E-state index in [0.29, 0.717) is 30.4 Å². The lowest BCUT2D eigenvalue weighted by molar-refractivity contribution is -0.124. The Morgan fingerprint density at radius 3 is 2.88 bits per heavy atom. The number of H-pyrrole nitrogens is 1. The Labute approximate surface area is 198 Å². The van der Waals surface area contributed by atoms with Gasteiger partial charge in [0.05, 0.1) is 17.6 Å². The molecule has 0 saturated carbocycles. The number of morpholine rings is 1. The number of hydrogen-bond donors (Lipinski definition) is 3. The van der Waals surface area contributed by atoms with Gasteiger partial charge in [0, 0.05) is 49.7 Å². The molecule has 33 heavy (non-hydrogen) atoms. The predicted octanol–water partition coefficient (Wildman–Crippen LogP) is 3.04. The van der Waals surface area contributed by atoms with Gasteiger partial charge in [-0.1, -0.05) is 38.1 Å². The third-order valence-electron chi connectivity index (χ3n) is 5.82. The molecule has 7 nitrogen and oxygen atoms in total. The molecule has 0 aliphatic carbocycles. The fourth-order valence-electron chi connectivity index (χ4n) is 4.29. The van der Waals surface area contributed by atoms with Crippen LogP contribution in [0, 0.1) is 5.92 Å². The second kappa shape index (κ2) is 11.0. The second-order valence-electron chi connectivity index (χ2n) is 8.96. The highest BCUT2D eigenvalue weighted by Gasteiger charge is 2.26. The van der Waals surface area contributed by atoms with Gasteiger partial charge in [0.15, 0.2) is 0 Å². The van der Waals surface area contributed by atoms with E-state index in [1.807, 2.05) is 41.9 Å². The number of rotatable bonds is 9. The van der Waals surface area contributed by atoms with Gasteiger partial charge in [0.25, 0.3) is 5.91 Å². The molecule has 4 rings (SSSR count). The van der Waals surface area contributed by atoms with Crippen molar-refractivity contribution in [2.24, 2.45) is 5.92 Å². The summed E-state index contributed by atoms with van der Waals surface area (Å²) >= 11 is 1.36. The number of thiophene rings is 1. The summed E-state index contributed by atoms with van der Waals surface area (Å²) in [6, 6.07) is 10.9. The molecule has 0 bridgehead atoms. The molecular formula is C25H32N4O3S. The zero-order valence-corrected chi connectivity index (χ0v) is 20.0. The summed E-state index contributed by atoms with van der Waals surface area (Å²) in [5, 5.41) is 8.87. The first kappa shape index (κ1) is 23.5. The predicted molar refractivity (Wildman–Crippen MR) is 132 cm³/mol. The zero-order chi connectivity index (χ0) is 23.2. The highest BCUT2D eigenvalue weighted by Crippen LogP contribution is 2.20. The third kappa shape index (κ3) is 6.22. The maximum atomic E-state index is 13.2. The Bertz CT molecular complexity index is 1060. The summed E-state index contributed by atoms with van der Waals surface area (Å²) < 4.78 is 5.88. The molecule has 176 valence electrons. The summed E-state index contributed by atoms with van der Waals surface area (Å²) in [4.78, 5) is 32.2. The Kier molecular flexibility index (Phi) is 7.80. The topological polar surface area (TPSA) is 86.5 Å². The molecule has 3 aromatic rings. The Hall–Kier alpha value is -2.68. The maximum absolute atomic E-state index is 13.2. The van der Waals surface area contributed by atoms with Crippen LogP contribution >= 0.6 is 11.3 Å². The lowest BCUT2D eigenvalue weighted by atomic mass is 10.0. The summed E-state index contributed by atoms with van der Waals surface area (Å²) in [7, 11) is 0. The number of ether oxygens (including phenoxy) is 1. The first-order valence-electron chi connectivity index (χ1n) is 11.5. The van der Waals surface area contributed by atoms with E-state index in [2.05, 4.69) is 34.4 Å². The standard InChI is InChI=1S/C25H32N4O3S/c1-17(2)15-29-9-10-32-19(16-29)14-27-24(30)22(28-25(31)23-8-5-11-33-23)12-18-13-26-21-7-4-3-6-20(18)21/h3-8,11,13,17,19,22,26H,9-10,12,14-16H2,1-2H3,(H,27,30)(H,28,31). The molecule has 1 saturated heterocycles. The van der Waals surface area contributed by atoms with Crippen LogP contribution in [0.25, 0.3) is 10.9 Å². The van der Waals surface area contributed by atoms with Gasteiger partial charge in [-0.25, -0.2) is 0 Å². The number of carbonyl (C=O) groups is 2. The molecule has 1 aliphatic rings. The average molecular weight is 469 g/mol. The van der Waals surface area contributed by atoms with Crippen molar-refractivity contribution in [1.82, 2.24) is 20.5 Å². The summed E-state index contributed by atoms with van der Waals surface area (Å²) in [5.41, 5.74) is 2.01. The fourth-order valence-corrected chi connectivity index (χ4v) is 4.92. The number of aromatic amines is 1. The van der Waals surface area contributed by atoms with Gasteiger partial charge < -0.3 is 20.4 Å². The molecule has 2 amide bonds. The van der Waals surface area contributed by atoms with Crippen LogP contribution in [0.1, 0.15) is 29.1 Å². The van der Waals surface area contributed by atoms with E-state index in [-0.39, 0.29) is 17.9 Å². The number of aromatic nitrogens is 1. The van der Waals surface area contributed by atoms with Crippen molar-refractivity contribution in [2.45, 2.75) is 32.4 Å². The van der Waals surface area contributed by atoms with Gasteiger partial charge in [0.2, 0.25) is 5.91 Å². The molecular weight excluding hydrogens is 436 g/mol. The molecule has 2 aromatic heterocycles. The summed E-state index contributed by atoms with van der Waals surface area (Å²) in [6.45, 7) is 8.24. The van der Waals surface area contributed by atoms with Crippen LogP contribution in [0.4, 0.5) is 0 Å². The van der Waals surface area contributed by atoms with Gasteiger partial charge in [-0.3, -0.25) is 14.5 Å². The number of amides is 2. The Balaban J connectivity index is 1.43. The van der Waals surface area contributed by atoms with E-state index in [1.54, 1.807) is 6.07 Å². The first-order valence-corrected chi connectivity index (χ1v) is 12.4. The Morgan fingerprint density at radius 1 is 1.24 bits per heavy atom. The molecule has 0 radical (unpaired) electrons. The normalized spacial score (nSPS) is 17.8. The second-order valence-corrected chi connectivity index (χ2v) is 9.91. The quantitative estimate of drug-likeness (QED) is 0.451. The molecule has 3 heterocycles. The van der Waals surface area contributed by atoms with E-state index in [0.717, 1.165) is 36.1 Å². The number of carbonyl (C=O) groups excluding carboxylic acids is 2. The number of fused-ring (bicyclic) bond motifs is 1. The van der Waals surface area contributed by atoms with Crippen LogP contribution in [0.5, 0.6) is 0 Å². The van der Waals surface area contributed by atoms with Gasteiger partial charge in [0.1, 0.15) is 6.04 Å². The largest absolute Gasteiger partial charge is 0.374 e. The first-order chi connectivity index (χ1) is 16.0. The van der Waals surface area contributed by atoms with Crippen LogP contribution in [0.15, 0.2) is 48.0 Å². The number of hydrogen-bond acceptors (Lipinski definition) is 5. The lowest BCUT2D eigenvalue weighted by Gasteiger charge is -2.34. The molecule has 8 heteroatoms. The van der Waals surface area contributed by atoms with Crippen LogP contribution in [-0.2, 0) is 16.0 Å². The average Bonchev–Trinajstić information content (AvgIpc) is 3.47. The van der Waals surface area contributed by atoms with Crippen LogP contribution in [0.2, 0.25) is 0 Å². The molecule has 2 unspecified atom stereocenters. The molecule has 1 fully saturated rings. The van der Waals surface area contributed by atoms with E-state index < -0.39 is 6.04 Å². The number of nitrogens with zero attached hydrogens (tertiary/aromatic N) is 1. The molecule has 1 aromatic carbocycles. The lowest BCUT2D eigenvalue weighted by Crippen LogP contribution is -2.52. The van der Waals surface area contributed by atoms with E-state index in [1.165, 1.54) is 11.3 Å². The monoisotopic (exact) mass is 468 g/mol. The van der Waals surface area contributed by atoms with Crippen molar-refractivity contribution in [3.63, 3.8) is 0 Å². The van der Waals surface area contributed by atoms with E-state index >= 15 is 0 Å². The highest BCUT2D eigenvalue weighted by atomic mass is 32.1. The number of benzene rings is 1. The van der Waals surface area contributed by atoms with Crippen LogP contribution in [0.3, 0.4) is 0 Å². The van der Waals surface area contributed by atoms with Crippen molar-refractivity contribution in [1.29, 1.82) is 0 Å². The van der Waals surface area contributed by atoms with E-state index in [9.17, 15) is 9.59 Å². The van der Waals surface area contributed by atoms with Crippen molar-refractivity contribution < 1.29 is 14.3 Å². The minimum Gasteiger partial charge on any atom is -0.374 e. The molecule has 0 spiro atoms. The van der Waals surface area contributed by atoms with Crippen LogP contribution in [-0.4, -0.2) is 66.6 Å². The molecule has 2 atom stereocenters. The van der Waals surface area contributed by atoms with Gasteiger partial charge in [-0.05, 0) is 29.0 Å². The van der Waals surface area contributed by atoms with Gasteiger partial charge in [-0.15, -0.1) is 11.3 Å². The van der Waals surface area contributed by atoms with Crippen molar-refractivity contribution in [3.8, 4) is 0 Å². The number of para-hydroxylation sites is 1. The highest BCUT2D eigenvalue weighted by molar-refractivity contribution is 7.12. The fraction of sp³-hybridized carbons (Fsp3) is 0.440. The maximum Gasteiger partial charge on any atom is 0.262 e. The minimum atomic E-state index is -0.686. The van der Waals surface area contributed by atoms with E-state index in [4.69, 9.17) is 4.74 Å². The SMILES string of the molecule is CC(C)CN1CCOC(CNC(=O)C(Cc2c[nH]c3ccccc23)NC(=O)c2cccs2)C1. The summed E-state index contributed by atoms with van der Waals surface area (Å²) in [5.74, 6) is 0.156. The Morgan fingerprint density at radius 2 is 2.09 bits per heavy atom. The third-order valence-corrected chi connectivity index (χ3v) is 6.68. The zero-order valence-electron chi connectivity index (χ0n) is 19.2. The molecule has 3 N–H and O–H groups in total. The van der Waals surface area contributed by atoms with Crippen LogP contribution < -0.4 is 10.6 Å². The van der Waals surface area contributed by atoms with Crippen molar-refractivity contribution in [2.75, 3.05) is 32.8 Å².